The third kappa shape index (κ3) is 1.46. The van der Waals surface area contributed by atoms with Crippen LogP contribution < -0.4 is 10.1 Å². The number of carbonyl (C=O) groups is 1. The average Bonchev–Trinajstić information content (AvgIpc) is 2.08. The summed E-state index contributed by atoms with van der Waals surface area (Å²) < 4.78 is 5.54. The van der Waals surface area contributed by atoms with Gasteiger partial charge in [0.15, 0.2) is 5.60 Å². The number of benzene rings is 1. The zero-order valence-corrected chi connectivity index (χ0v) is 8.89. The second-order valence-corrected chi connectivity index (χ2v) is 4.26. The molecule has 0 aliphatic carbocycles. The number of thiol groups is 1. The summed E-state index contributed by atoms with van der Waals surface area (Å²) in [6.07, 6.45) is 0. The Morgan fingerprint density at radius 1 is 1.43 bits per heavy atom. The minimum absolute atomic E-state index is 0.135. The zero-order valence-electron chi connectivity index (χ0n) is 8.00. The van der Waals surface area contributed by atoms with E-state index in [0.717, 1.165) is 4.90 Å². The Balaban J connectivity index is 2.46. The van der Waals surface area contributed by atoms with Gasteiger partial charge in [-0.05, 0) is 32.0 Å². The Morgan fingerprint density at radius 2 is 2.14 bits per heavy atom. The quantitative estimate of drug-likeness (QED) is 0.642. The Labute approximate surface area is 87.9 Å². The van der Waals surface area contributed by atoms with Crippen LogP contribution in [0, 0.1) is 0 Å². The molecular weight excluding hydrogens is 198 g/mol. The molecule has 1 aliphatic heterocycles. The van der Waals surface area contributed by atoms with Crippen LogP contribution in [0.25, 0.3) is 0 Å². The predicted molar refractivity (Wildman–Crippen MR) is 57.0 cm³/mol. The van der Waals surface area contributed by atoms with Crippen LogP contribution in [0.5, 0.6) is 5.75 Å². The molecule has 2 rings (SSSR count). The van der Waals surface area contributed by atoms with E-state index in [1.807, 2.05) is 6.07 Å². The van der Waals surface area contributed by atoms with Crippen LogP contribution in [-0.4, -0.2) is 11.5 Å². The van der Waals surface area contributed by atoms with E-state index in [0.29, 0.717) is 11.4 Å². The van der Waals surface area contributed by atoms with Crippen molar-refractivity contribution in [2.24, 2.45) is 0 Å². The number of anilines is 1. The lowest BCUT2D eigenvalue weighted by Gasteiger charge is -2.31. The highest BCUT2D eigenvalue weighted by molar-refractivity contribution is 7.80. The topological polar surface area (TPSA) is 38.3 Å². The van der Waals surface area contributed by atoms with E-state index >= 15 is 0 Å². The van der Waals surface area contributed by atoms with Gasteiger partial charge in [-0.2, -0.15) is 0 Å². The van der Waals surface area contributed by atoms with Crippen molar-refractivity contribution in [3.05, 3.63) is 18.2 Å². The first-order valence-electron chi connectivity index (χ1n) is 4.32. The molecule has 1 amide bonds. The second-order valence-electron chi connectivity index (χ2n) is 3.75. The summed E-state index contributed by atoms with van der Waals surface area (Å²) in [5, 5.41) is 2.78. The lowest BCUT2D eigenvalue weighted by atomic mass is 10.1. The van der Waals surface area contributed by atoms with E-state index in [4.69, 9.17) is 4.74 Å². The molecule has 0 saturated carbocycles. The zero-order chi connectivity index (χ0) is 10.3. The predicted octanol–water partition coefficient (Wildman–Crippen LogP) is 2.08. The van der Waals surface area contributed by atoms with E-state index in [9.17, 15) is 4.79 Å². The van der Waals surface area contributed by atoms with Gasteiger partial charge < -0.3 is 10.1 Å². The van der Waals surface area contributed by atoms with Crippen molar-refractivity contribution >= 4 is 24.2 Å². The first kappa shape index (κ1) is 9.40. The first-order chi connectivity index (χ1) is 6.49. The fourth-order valence-electron chi connectivity index (χ4n) is 1.30. The largest absolute Gasteiger partial charge is 0.476 e. The highest BCUT2D eigenvalue weighted by Crippen LogP contribution is 2.34. The molecule has 4 heteroatoms. The normalized spacial score (nSPS) is 18.1. The van der Waals surface area contributed by atoms with Crippen LogP contribution in [0.1, 0.15) is 13.8 Å². The number of hydrogen-bond acceptors (Lipinski definition) is 3. The molecule has 0 aromatic heterocycles. The Morgan fingerprint density at radius 3 is 2.86 bits per heavy atom. The van der Waals surface area contributed by atoms with Crippen molar-refractivity contribution in [2.75, 3.05) is 5.32 Å². The van der Waals surface area contributed by atoms with E-state index in [-0.39, 0.29) is 5.91 Å². The Kier molecular flexibility index (Phi) is 1.96. The minimum Gasteiger partial charge on any atom is -0.476 e. The van der Waals surface area contributed by atoms with Crippen LogP contribution in [0.3, 0.4) is 0 Å². The number of amides is 1. The summed E-state index contributed by atoms with van der Waals surface area (Å²) in [5.41, 5.74) is -0.118. The third-order valence-electron chi connectivity index (χ3n) is 2.12. The number of hydrogen-bond donors (Lipinski definition) is 2. The monoisotopic (exact) mass is 209 g/mol. The van der Waals surface area contributed by atoms with Crippen LogP contribution in [0.4, 0.5) is 5.69 Å². The summed E-state index contributed by atoms with van der Waals surface area (Å²) >= 11 is 4.18. The van der Waals surface area contributed by atoms with Gasteiger partial charge in [0.25, 0.3) is 5.91 Å². The van der Waals surface area contributed by atoms with Crippen molar-refractivity contribution < 1.29 is 9.53 Å². The van der Waals surface area contributed by atoms with Gasteiger partial charge in [-0.15, -0.1) is 12.6 Å². The van der Waals surface area contributed by atoms with Crippen molar-refractivity contribution in [2.45, 2.75) is 24.3 Å². The average molecular weight is 209 g/mol. The van der Waals surface area contributed by atoms with Crippen molar-refractivity contribution in [1.29, 1.82) is 0 Å². The number of rotatable bonds is 0. The fourth-order valence-corrected chi connectivity index (χ4v) is 1.50. The Bertz CT molecular complexity index is 401. The summed E-state index contributed by atoms with van der Waals surface area (Å²) in [5.74, 6) is 0.552. The Hall–Kier alpha value is -1.16. The van der Waals surface area contributed by atoms with Gasteiger partial charge in [0.05, 0.1) is 5.69 Å². The molecule has 0 fully saturated rings. The molecule has 0 spiro atoms. The molecule has 1 heterocycles. The van der Waals surface area contributed by atoms with Gasteiger partial charge in [-0.25, -0.2) is 0 Å². The lowest BCUT2D eigenvalue weighted by molar-refractivity contribution is -0.129. The third-order valence-corrected chi connectivity index (χ3v) is 2.40. The molecule has 1 N–H and O–H groups in total. The van der Waals surface area contributed by atoms with Gasteiger partial charge in [0, 0.05) is 4.90 Å². The summed E-state index contributed by atoms with van der Waals surface area (Å²) in [6, 6.07) is 5.40. The molecule has 1 aliphatic rings. The SMILES string of the molecule is CC1(C)Oc2ccc(S)cc2NC1=O. The fraction of sp³-hybridized carbons (Fsp3) is 0.300. The molecule has 14 heavy (non-hydrogen) atoms. The van der Waals surface area contributed by atoms with Crippen LogP contribution in [0.2, 0.25) is 0 Å². The number of nitrogens with one attached hydrogen (secondary N) is 1. The number of fused-ring (bicyclic) bond motifs is 1. The van der Waals surface area contributed by atoms with Crippen LogP contribution >= 0.6 is 12.6 Å². The second kappa shape index (κ2) is 2.92. The first-order valence-corrected chi connectivity index (χ1v) is 4.77. The molecule has 0 saturated heterocycles. The molecule has 1 aromatic carbocycles. The maximum absolute atomic E-state index is 11.5. The van der Waals surface area contributed by atoms with E-state index < -0.39 is 5.60 Å². The lowest BCUT2D eigenvalue weighted by Crippen LogP contribution is -2.45. The van der Waals surface area contributed by atoms with Gasteiger partial charge in [-0.1, -0.05) is 0 Å². The van der Waals surface area contributed by atoms with Gasteiger partial charge in [0.2, 0.25) is 0 Å². The van der Waals surface area contributed by atoms with Crippen molar-refractivity contribution in [3.8, 4) is 5.75 Å². The summed E-state index contributed by atoms with van der Waals surface area (Å²) in [6.45, 7) is 3.47. The molecule has 0 unspecified atom stereocenters. The van der Waals surface area contributed by atoms with Gasteiger partial charge in [-0.3, -0.25) is 4.79 Å². The van der Waals surface area contributed by atoms with Gasteiger partial charge >= 0.3 is 0 Å². The van der Waals surface area contributed by atoms with E-state index in [2.05, 4.69) is 17.9 Å². The molecule has 74 valence electrons. The maximum Gasteiger partial charge on any atom is 0.268 e. The number of ether oxygens (including phenoxy) is 1. The van der Waals surface area contributed by atoms with Crippen molar-refractivity contribution in [1.82, 2.24) is 0 Å². The highest BCUT2D eigenvalue weighted by Gasteiger charge is 2.35. The smallest absolute Gasteiger partial charge is 0.268 e. The summed E-state index contributed by atoms with van der Waals surface area (Å²) in [7, 11) is 0. The van der Waals surface area contributed by atoms with Crippen molar-refractivity contribution in [3.63, 3.8) is 0 Å². The number of carbonyl (C=O) groups excluding carboxylic acids is 1. The molecular formula is C10H11NO2S. The maximum atomic E-state index is 11.5. The highest BCUT2D eigenvalue weighted by atomic mass is 32.1. The van der Waals surface area contributed by atoms with E-state index in [1.54, 1.807) is 26.0 Å². The standard InChI is InChI=1S/C10H11NO2S/c1-10(2)9(12)11-7-5-6(14)3-4-8(7)13-10/h3-5,14H,1-2H3,(H,11,12). The molecule has 1 aromatic rings. The molecule has 3 nitrogen and oxygen atoms in total. The minimum atomic E-state index is -0.800. The molecule has 0 bridgehead atoms. The summed E-state index contributed by atoms with van der Waals surface area (Å²) in [4.78, 5) is 12.3. The molecule has 0 radical (unpaired) electrons. The van der Waals surface area contributed by atoms with Crippen LogP contribution in [-0.2, 0) is 4.79 Å². The van der Waals surface area contributed by atoms with E-state index in [1.165, 1.54) is 0 Å². The van der Waals surface area contributed by atoms with Gasteiger partial charge in [0.1, 0.15) is 5.75 Å². The van der Waals surface area contributed by atoms with Crippen LogP contribution in [0.15, 0.2) is 23.1 Å². The molecule has 0 atom stereocenters.